The van der Waals surface area contributed by atoms with Crippen molar-refractivity contribution in [2.75, 3.05) is 4.90 Å². The number of hydrogen-bond donors (Lipinski definition) is 0. The lowest BCUT2D eigenvalue weighted by Crippen LogP contribution is -2.10. The number of thiophene rings is 1. The second-order valence-corrected chi connectivity index (χ2v) is 13.1. The van der Waals surface area contributed by atoms with E-state index < -0.39 is 0 Å². The van der Waals surface area contributed by atoms with E-state index in [-0.39, 0.29) is 0 Å². The van der Waals surface area contributed by atoms with Gasteiger partial charge in [-0.05, 0) is 81.2 Å². The van der Waals surface area contributed by atoms with E-state index in [9.17, 15) is 0 Å². The van der Waals surface area contributed by atoms with Gasteiger partial charge >= 0.3 is 0 Å². The van der Waals surface area contributed by atoms with Crippen molar-refractivity contribution in [3.05, 3.63) is 164 Å². The topological polar surface area (TPSA) is 16.4 Å². The van der Waals surface area contributed by atoms with Crippen LogP contribution < -0.4 is 4.90 Å². The second kappa shape index (κ2) is 10.3. The molecule has 0 N–H and O–H groups in total. The highest BCUT2D eigenvalue weighted by Gasteiger charge is 2.22. The first-order valence-electron chi connectivity index (χ1n) is 15.9. The van der Waals surface area contributed by atoms with Crippen LogP contribution in [0.25, 0.3) is 74.8 Å². The lowest BCUT2D eigenvalue weighted by Gasteiger charge is -2.27. The Morgan fingerprint density at radius 2 is 1.09 bits per heavy atom. The third-order valence-corrected chi connectivity index (χ3v) is 10.7. The predicted molar refractivity (Wildman–Crippen MR) is 202 cm³/mol. The molecule has 0 unspecified atom stereocenters. The van der Waals surface area contributed by atoms with E-state index in [4.69, 9.17) is 4.42 Å². The minimum atomic E-state index is 0.886. The normalized spacial score (nSPS) is 11.8. The monoisotopic (exact) mass is 617 g/mol. The molecular weight excluding hydrogens is 591 g/mol. The van der Waals surface area contributed by atoms with Gasteiger partial charge in [-0.1, -0.05) is 115 Å². The molecule has 3 heteroatoms. The summed E-state index contributed by atoms with van der Waals surface area (Å²) in [5.41, 5.74) is 7.58. The van der Waals surface area contributed by atoms with Crippen LogP contribution in [-0.4, -0.2) is 0 Å². The molecule has 0 bridgehead atoms. The van der Waals surface area contributed by atoms with E-state index in [1.54, 1.807) is 0 Å². The van der Waals surface area contributed by atoms with E-state index in [0.717, 1.165) is 39.0 Å². The van der Waals surface area contributed by atoms with Gasteiger partial charge in [-0.15, -0.1) is 11.3 Å². The van der Waals surface area contributed by atoms with Gasteiger partial charge < -0.3 is 9.32 Å². The van der Waals surface area contributed by atoms with E-state index in [2.05, 4.69) is 163 Å². The molecular formula is C44H27NOS. The summed E-state index contributed by atoms with van der Waals surface area (Å²) in [7, 11) is 0. The number of anilines is 3. The number of fused-ring (bicyclic) bond motifs is 9. The summed E-state index contributed by atoms with van der Waals surface area (Å²) >= 11 is 1.85. The van der Waals surface area contributed by atoms with E-state index in [1.807, 2.05) is 17.4 Å². The molecule has 220 valence electrons. The van der Waals surface area contributed by atoms with Crippen LogP contribution in [0.5, 0.6) is 0 Å². The smallest absolute Gasteiger partial charge is 0.137 e. The third-order valence-electron chi connectivity index (χ3n) is 9.45. The molecule has 0 aliphatic rings. The fourth-order valence-electron chi connectivity index (χ4n) is 7.34. The van der Waals surface area contributed by atoms with Crippen LogP contribution in [0.1, 0.15) is 0 Å². The molecule has 0 saturated heterocycles. The SMILES string of the molecule is c1ccc2c(c1)cc(-c1ccc(N(c3cccc4c3sc3ccccc34)c3cccc4oc5ccccc5c34)cc1)c1ccccc12. The molecule has 10 rings (SSSR count). The van der Waals surface area contributed by atoms with Crippen molar-refractivity contribution in [2.45, 2.75) is 0 Å². The zero-order valence-electron chi connectivity index (χ0n) is 25.4. The van der Waals surface area contributed by atoms with Gasteiger partial charge in [0.25, 0.3) is 0 Å². The van der Waals surface area contributed by atoms with Crippen LogP contribution in [0.15, 0.2) is 168 Å². The Morgan fingerprint density at radius 1 is 0.447 bits per heavy atom. The summed E-state index contributed by atoms with van der Waals surface area (Å²) in [6.45, 7) is 0. The lowest BCUT2D eigenvalue weighted by atomic mass is 9.93. The highest BCUT2D eigenvalue weighted by Crippen LogP contribution is 2.48. The summed E-state index contributed by atoms with van der Waals surface area (Å²) in [6.07, 6.45) is 0. The van der Waals surface area contributed by atoms with Gasteiger partial charge in [0.1, 0.15) is 11.2 Å². The standard InChI is InChI=1S/C44H27NOS/c1-2-12-31-29(11-1)27-37(33-14-4-3-13-32(31)33)28-23-25-30(26-24-28)45(38-18-10-21-41-43(38)36-16-5-7-20-40(36)46-41)39-19-9-17-35-34-15-6-8-22-42(34)47-44(35)39/h1-27H. The van der Waals surface area contributed by atoms with Crippen molar-refractivity contribution in [1.82, 2.24) is 0 Å². The molecule has 0 saturated carbocycles. The van der Waals surface area contributed by atoms with Crippen molar-refractivity contribution >= 4 is 92.1 Å². The molecule has 0 fully saturated rings. The van der Waals surface area contributed by atoms with E-state index in [0.29, 0.717) is 0 Å². The van der Waals surface area contributed by atoms with Gasteiger partial charge in [-0.25, -0.2) is 0 Å². The van der Waals surface area contributed by atoms with Gasteiger partial charge in [-0.2, -0.15) is 0 Å². The number of nitrogens with zero attached hydrogens (tertiary/aromatic N) is 1. The molecule has 2 heterocycles. The molecule has 8 aromatic carbocycles. The van der Waals surface area contributed by atoms with Crippen LogP contribution in [-0.2, 0) is 0 Å². The number of benzene rings is 8. The van der Waals surface area contributed by atoms with Crippen LogP contribution >= 0.6 is 11.3 Å². The fourth-order valence-corrected chi connectivity index (χ4v) is 8.55. The highest BCUT2D eigenvalue weighted by molar-refractivity contribution is 7.26. The van der Waals surface area contributed by atoms with Crippen LogP contribution in [0.2, 0.25) is 0 Å². The Bertz CT molecular complexity index is 2810. The van der Waals surface area contributed by atoms with Gasteiger partial charge in [-0.3, -0.25) is 0 Å². The van der Waals surface area contributed by atoms with E-state index >= 15 is 0 Å². The molecule has 10 aromatic rings. The number of para-hydroxylation sites is 1. The Labute approximate surface area is 275 Å². The van der Waals surface area contributed by atoms with Crippen molar-refractivity contribution in [1.29, 1.82) is 0 Å². The van der Waals surface area contributed by atoms with Crippen molar-refractivity contribution in [3.8, 4) is 11.1 Å². The van der Waals surface area contributed by atoms with Crippen molar-refractivity contribution < 1.29 is 4.42 Å². The number of rotatable bonds is 4. The zero-order chi connectivity index (χ0) is 30.9. The molecule has 2 aromatic heterocycles. The first-order chi connectivity index (χ1) is 23.3. The first kappa shape index (κ1) is 26.3. The highest BCUT2D eigenvalue weighted by atomic mass is 32.1. The fraction of sp³-hybridized carbons (Fsp3) is 0. The average molecular weight is 618 g/mol. The summed E-state index contributed by atoms with van der Waals surface area (Å²) in [4.78, 5) is 2.42. The van der Waals surface area contributed by atoms with Crippen molar-refractivity contribution in [2.24, 2.45) is 0 Å². The maximum absolute atomic E-state index is 6.38. The molecule has 0 spiro atoms. The molecule has 47 heavy (non-hydrogen) atoms. The third kappa shape index (κ3) is 4.04. The van der Waals surface area contributed by atoms with Crippen molar-refractivity contribution in [3.63, 3.8) is 0 Å². The van der Waals surface area contributed by atoms with Gasteiger partial charge in [0, 0.05) is 26.5 Å². The van der Waals surface area contributed by atoms with E-state index in [1.165, 1.54) is 52.8 Å². The maximum Gasteiger partial charge on any atom is 0.137 e. The predicted octanol–water partition coefficient (Wildman–Crippen LogP) is 13.4. The summed E-state index contributed by atoms with van der Waals surface area (Å²) in [5, 5.41) is 9.88. The Morgan fingerprint density at radius 3 is 1.96 bits per heavy atom. The molecule has 0 atom stereocenters. The minimum absolute atomic E-state index is 0.886. The number of furan rings is 1. The summed E-state index contributed by atoms with van der Waals surface area (Å²) in [5.74, 6) is 0. The molecule has 0 aliphatic carbocycles. The van der Waals surface area contributed by atoms with Crippen LogP contribution in [0, 0.1) is 0 Å². The Balaban J connectivity index is 1.22. The number of hydrogen-bond acceptors (Lipinski definition) is 3. The first-order valence-corrected chi connectivity index (χ1v) is 16.7. The molecule has 0 radical (unpaired) electrons. The molecule has 2 nitrogen and oxygen atoms in total. The Kier molecular flexibility index (Phi) is 5.78. The minimum Gasteiger partial charge on any atom is -0.456 e. The zero-order valence-corrected chi connectivity index (χ0v) is 26.2. The van der Waals surface area contributed by atoms with Gasteiger partial charge in [0.2, 0.25) is 0 Å². The van der Waals surface area contributed by atoms with Crippen LogP contribution in [0.4, 0.5) is 17.1 Å². The molecule has 0 aliphatic heterocycles. The maximum atomic E-state index is 6.38. The second-order valence-electron chi connectivity index (χ2n) is 12.1. The Hall–Kier alpha value is -5.90. The molecule has 0 amide bonds. The average Bonchev–Trinajstić information content (AvgIpc) is 3.71. The van der Waals surface area contributed by atoms with Crippen LogP contribution in [0.3, 0.4) is 0 Å². The summed E-state index contributed by atoms with van der Waals surface area (Å²) < 4.78 is 8.94. The summed E-state index contributed by atoms with van der Waals surface area (Å²) in [6, 6.07) is 59.0. The van der Waals surface area contributed by atoms with Gasteiger partial charge in [0.05, 0.1) is 21.5 Å². The quantitative estimate of drug-likeness (QED) is 0.183. The largest absolute Gasteiger partial charge is 0.456 e. The lowest BCUT2D eigenvalue weighted by molar-refractivity contribution is 0.669. The van der Waals surface area contributed by atoms with Gasteiger partial charge in [0.15, 0.2) is 0 Å².